The molecule has 4 rings (SSSR count). The normalized spacial score (nSPS) is 11.2. The Morgan fingerprint density at radius 3 is 2.86 bits per heavy atom. The van der Waals surface area contributed by atoms with Gasteiger partial charge in [-0.3, -0.25) is 4.79 Å². The second kappa shape index (κ2) is 7.84. The van der Waals surface area contributed by atoms with Gasteiger partial charge in [0.2, 0.25) is 11.1 Å². The van der Waals surface area contributed by atoms with Crippen LogP contribution in [0.2, 0.25) is 0 Å². The second-order valence-corrected chi connectivity index (χ2v) is 7.94. The molecule has 7 nitrogen and oxygen atoms in total. The maximum absolute atomic E-state index is 13.9. The topological polar surface area (TPSA) is 85.1 Å². The predicted molar refractivity (Wildman–Crippen MR) is 107 cm³/mol. The molecular formula is C18H14F2N6OS2. The summed E-state index contributed by atoms with van der Waals surface area (Å²) in [5, 5.41) is 9.26. The van der Waals surface area contributed by atoms with Crippen molar-refractivity contribution in [2.24, 2.45) is 0 Å². The molecule has 0 saturated carbocycles. The van der Waals surface area contributed by atoms with Crippen LogP contribution in [0.3, 0.4) is 0 Å². The van der Waals surface area contributed by atoms with E-state index in [1.165, 1.54) is 11.8 Å². The number of carbonyl (C=O) groups excluding carboxylic acids is 1. The third kappa shape index (κ3) is 4.25. The average Bonchev–Trinajstić information content (AvgIpc) is 3.29. The number of nitrogens with zero attached hydrogens (tertiary/aromatic N) is 5. The largest absolute Gasteiger partial charge is 0.301 e. The number of benzene rings is 1. The standard InChI is InChI=1S/C18H14F2N6OS2/c1-9-5-10(2)26-16(21-9)24-18(25-26)29-8-15(27)23-17-22-14(7-28-17)12-6-11(19)3-4-13(12)20/h3-7H,8H2,1-2H3,(H,22,23,27). The maximum atomic E-state index is 13.9. The van der Waals surface area contributed by atoms with Crippen LogP contribution in [-0.2, 0) is 4.79 Å². The highest BCUT2D eigenvalue weighted by atomic mass is 32.2. The third-order valence-electron chi connectivity index (χ3n) is 3.89. The molecule has 1 amide bonds. The summed E-state index contributed by atoms with van der Waals surface area (Å²) >= 11 is 2.30. The fraction of sp³-hybridized carbons (Fsp3) is 0.167. The molecule has 3 heterocycles. The predicted octanol–water partition coefficient (Wildman–Crippen LogP) is 3.87. The Kier molecular flexibility index (Phi) is 5.24. The van der Waals surface area contributed by atoms with Gasteiger partial charge in [0, 0.05) is 22.3 Å². The number of nitrogens with one attached hydrogen (secondary N) is 1. The zero-order valence-electron chi connectivity index (χ0n) is 15.3. The molecule has 148 valence electrons. The fourth-order valence-corrected chi connectivity index (χ4v) is 3.99. The summed E-state index contributed by atoms with van der Waals surface area (Å²) in [5.74, 6) is -0.904. The fourth-order valence-electron chi connectivity index (χ4n) is 2.64. The van der Waals surface area contributed by atoms with Gasteiger partial charge >= 0.3 is 0 Å². The highest BCUT2D eigenvalue weighted by Crippen LogP contribution is 2.28. The van der Waals surface area contributed by atoms with Gasteiger partial charge in [-0.1, -0.05) is 11.8 Å². The lowest BCUT2D eigenvalue weighted by Crippen LogP contribution is -2.14. The lowest BCUT2D eigenvalue weighted by molar-refractivity contribution is -0.113. The Balaban J connectivity index is 1.41. The summed E-state index contributed by atoms with van der Waals surface area (Å²) in [5.41, 5.74) is 2.04. The number of thioether (sulfide) groups is 1. The van der Waals surface area contributed by atoms with Crippen LogP contribution in [0.15, 0.2) is 34.8 Å². The van der Waals surface area contributed by atoms with Crippen molar-refractivity contribution in [3.05, 3.63) is 52.7 Å². The van der Waals surface area contributed by atoms with Crippen LogP contribution in [0.25, 0.3) is 17.0 Å². The van der Waals surface area contributed by atoms with E-state index in [1.54, 1.807) is 9.90 Å². The summed E-state index contributed by atoms with van der Waals surface area (Å²) in [6.07, 6.45) is 0. The monoisotopic (exact) mass is 432 g/mol. The second-order valence-electron chi connectivity index (χ2n) is 6.14. The first-order valence-corrected chi connectivity index (χ1v) is 10.3. The van der Waals surface area contributed by atoms with Crippen molar-refractivity contribution in [2.75, 3.05) is 11.1 Å². The van der Waals surface area contributed by atoms with Gasteiger partial charge in [0.25, 0.3) is 5.78 Å². The van der Waals surface area contributed by atoms with Crippen LogP contribution >= 0.6 is 23.1 Å². The lowest BCUT2D eigenvalue weighted by atomic mass is 10.1. The van der Waals surface area contributed by atoms with Crippen LogP contribution in [0.5, 0.6) is 0 Å². The number of rotatable bonds is 5. The summed E-state index contributed by atoms with van der Waals surface area (Å²) in [6, 6.07) is 5.04. The van der Waals surface area contributed by atoms with Crippen molar-refractivity contribution < 1.29 is 13.6 Å². The van der Waals surface area contributed by atoms with Gasteiger partial charge in [-0.25, -0.2) is 23.3 Å². The molecule has 0 aliphatic carbocycles. The summed E-state index contributed by atoms with van der Waals surface area (Å²) in [7, 11) is 0. The molecule has 0 fully saturated rings. The average molecular weight is 432 g/mol. The molecule has 0 saturated heterocycles. The van der Waals surface area contributed by atoms with Crippen LogP contribution in [-0.4, -0.2) is 36.2 Å². The van der Waals surface area contributed by atoms with Crippen LogP contribution in [0, 0.1) is 25.5 Å². The number of halogens is 2. The molecular weight excluding hydrogens is 418 g/mol. The Labute approximate surface area is 172 Å². The number of hydrogen-bond donors (Lipinski definition) is 1. The minimum absolute atomic E-state index is 0.0446. The molecule has 0 aliphatic heterocycles. The molecule has 11 heteroatoms. The van der Waals surface area contributed by atoms with E-state index in [4.69, 9.17) is 0 Å². The quantitative estimate of drug-likeness (QED) is 0.482. The van der Waals surface area contributed by atoms with E-state index in [-0.39, 0.29) is 22.9 Å². The van der Waals surface area contributed by atoms with Crippen molar-refractivity contribution in [2.45, 2.75) is 19.0 Å². The smallest absolute Gasteiger partial charge is 0.253 e. The van der Waals surface area contributed by atoms with Crippen LogP contribution < -0.4 is 5.32 Å². The first kappa shape index (κ1) is 19.4. The lowest BCUT2D eigenvalue weighted by Gasteiger charge is -2.00. The highest BCUT2D eigenvalue weighted by molar-refractivity contribution is 7.99. The van der Waals surface area contributed by atoms with Gasteiger partial charge in [0.1, 0.15) is 11.6 Å². The zero-order chi connectivity index (χ0) is 20.5. The number of fused-ring (bicyclic) bond motifs is 1. The molecule has 1 aromatic carbocycles. The van der Waals surface area contributed by atoms with E-state index in [0.717, 1.165) is 40.9 Å². The van der Waals surface area contributed by atoms with E-state index in [0.29, 0.717) is 16.1 Å². The zero-order valence-corrected chi connectivity index (χ0v) is 16.9. The molecule has 1 N–H and O–H groups in total. The van der Waals surface area contributed by atoms with E-state index in [9.17, 15) is 13.6 Å². The molecule has 0 atom stereocenters. The van der Waals surface area contributed by atoms with Crippen molar-refractivity contribution in [1.29, 1.82) is 0 Å². The number of hydrogen-bond acceptors (Lipinski definition) is 7. The van der Waals surface area contributed by atoms with Crippen molar-refractivity contribution >= 4 is 39.9 Å². The summed E-state index contributed by atoms with van der Waals surface area (Å²) in [4.78, 5) is 25.0. The molecule has 4 aromatic rings. The Morgan fingerprint density at radius 2 is 2.03 bits per heavy atom. The molecule has 0 aliphatic rings. The number of carbonyl (C=O) groups is 1. The number of anilines is 1. The first-order chi connectivity index (χ1) is 13.9. The number of amides is 1. The van der Waals surface area contributed by atoms with Crippen molar-refractivity contribution in [3.63, 3.8) is 0 Å². The minimum Gasteiger partial charge on any atom is -0.301 e. The molecule has 0 spiro atoms. The number of aryl methyl sites for hydroxylation is 2. The molecule has 0 radical (unpaired) electrons. The number of thiazole rings is 1. The van der Waals surface area contributed by atoms with E-state index in [1.807, 2.05) is 19.9 Å². The van der Waals surface area contributed by atoms with Crippen molar-refractivity contribution in [1.82, 2.24) is 24.6 Å². The van der Waals surface area contributed by atoms with Gasteiger partial charge in [0.15, 0.2) is 5.13 Å². The molecule has 3 aromatic heterocycles. The highest BCUT2D eigenvalue weighted by Gasteiger charge is 2.14. The summed E-state index contributed by atoms with van der Waals surface area (Å²) < 4.78 is 28.8. The van der Waals surface area contributed by atoms with E-state index >= 15 is 0 Å². The van der Waals surface area contributed by atoms with Gasteiger partial charge in [-0.05, 0) is 38.1 Å². The first-order valence-electron chi connectivity index (χ1n) is 8.43. The van der Waals surface area contributed by atoms with Crippen molar-refractivity contribution in [3.8, 4) is 11.3 Å². The van der Waals surface area contributed by atoms with Gasteiger partial charge in [-0.2, -0.15) is 4.98 Å². The minimum atomic E-state index is -0.581. The van der Waals surface area contributed by atoms with Crippen LogP contribution in [0.4, 0.5) is 13.9 Å². The third-order valence-corrected chi connectivity index (χ3v) is 5.48. The Hall–Kier alpha value is -2.92. The molecule has 0 bridgehead atoms. The Morgan fingerprint density at radius 1 is 1.21 bits per heavy atom. The molecule has 29 heavy (non-hydrogen) atoms. The van der Waals surface area contributed by atoms with Gasteiger partial charge < -0.3 is 5.32 Å². The maximum Gasteiger partial charge on any atom is 0.253 e. The number of aromatic nitrogens is 5. The SMILES string of the molecule is Cc1cc(C)n2nc(SCC(=O)Nc3nc(-c4cc(F)ccc4F)cs3)nc2n1. The van der Waals surface area contributed by atoms with Gasteiger partial charge in [-0.15, -0.1) is 16.4 Å². The summed E-state index contributed by atoms with van der Waals surface area (Å²) in [6.45, 7) is 3.78. The Bertz CT molecular complexity index is 1220. The van der Waals surface area contributed by atoms with E-state index < -0.39 is 11.6 Å². The molecule has 0 unspecified atom stereocenters. The van der Waals surface area contributed by atoms with Gasteiger partial charge in [0.05, 0.1) is 11.4 Å². The van der Waals surface area contributed by atoms with E-state index in [2.05, 4.69) is 25.4 Å². The van der Waals surface area contributed by atoms with Crippen LogP contribution in [0.1, 0.15) is 11.4 Å².